The first-order valence-electron chi connectivity index (χ1n) is 19.4. The first kappa shape index (κ1) is 33.2. The number of thiophene rings is 1. The normalized spacial score (nSPS) is 11.5. The van der Waals surface area contributed by atoms with E-state index in [1.165, 1.54) is 75.4 Å². The van der Waals surface area contributed by atoms with E-state index in [1.54, 1.807) is 0 Å². The van der Waals surface area contributed by atoms with Crippen LogP contribution in [0.15, 0.2) is 218 Å². The Balaban J connectivity index is 1.12. The van der Waals surface area contributed by atoms with Gasteiger partial charge in [-0.2, -0.15) is 0 Å². The number of nitrogens with zero attached hydrogens (tertiary/aromatic N) is 2. The summed E-state index contributed by atoms with van der Waals surface area (Å²) >= 11 is 1.88. The highest BCUT2D eigenvalue weighted by molar-refractivity contribution is 7.26. The molecule has 0 amide bonds. The lowest BCUT2D eigenvalue weighted by Crippen LogP contribution is -2.10. The van der Waals surface area contributed by atoms with Crippen LogP contribution in [0.4, 0.5) is 17.1 Å². The number of anilines is 3. The first-order chi connectivity index (χ1) is 28.3. The number of fused-ring (bicyclic) bond motifs is 6. The maximum absolute atomic E-state index is 2.41. The number of para-hydroxylation sites is 1. The van der Waals surface area contributed by atoms with E-state index in [0.717, 1.165) is 22.7 Å². The van der Waals surface area contributed by atoms with Crippen LogP contribution >= 0.6 is 11.3 Å². The van der Waals surface area contributed by atoms with Crippen LogP contribution in [0.2, 0.25) is 0 Å². The standard InChI is InChI=1S/C54H36N2S/c1-4-15-37(16-5-1)40-19-12-22-43(35-40)55(42-31-29-39(30-32-42)46-25-13-26-48-47-23-10-11-28-52(47)57-54(46)48)44-33-34-50-49(36-44)53-45(38-17-6-2-7-18-38)24-14-27-51(53)56(50)41-20-8-3-9-21-41/h1-36H. The Morgan fingerprint density at radius 2 is 0.947 bits per heavy atom. The van der Waals surface area contributed by atoms with Gasteiger partial charge in [0.25, 0.3) is 0 Å². The minimum atomic E-state index is 1.10. The van der Waals surface area contributed by atoms with E-state index in [2.05, 4.69) is 228 Å². The van der Waals surface area contributed by atoms with Gasteiger partial charge in [0.15, 0.2) is 0 Å². The van der Waals surface area contributed by atoms with Gasteiger partial charge in [0.1, 0.15) is 0 Å². The number of benzene rings is 9. The number of hydrogen-bond acceptors (Lipinski definition) is 2. The van der Waals surface area contributed by atoms with Gasteiger partial charge in [-0.1, -0.05) is 152 Å². The number of rotatable bonds is 7. The lowest BCUT2D eigenvalue weighted by atomic mass is 9.99. The third-order valence-electron chi connectivity index (χ3n) is 11.2. The molecule has 268 valence electrons. The Morgan fingerprint density at radius 1 is 0.351 bits per heavy atom. The lowest BCUT2D eigenvalue weighted by Gasteiger charge is -2.26. The number of hydrogen-bond donors (Lipinski definition) is 0. The predicted octanol–water partition coefficient (Wildman–Crippen LogP) is 15.6. The van der Waals surface area contributed by atoms with Crippen LogP contribution in [-0.2, 0) is 0 Å². The van der Waals surface area contributed by atoms with Gasteiger partial charge in [0.05, 0.1) is 11.0 Å². The molecule has 2 nitrogen and oxygen atoms in total. The monoisotopic (exact) mass is 744 g/mol. The smallest absolute Gasteiger partial charge is 0.0547 e. The fraction of sp³-hybridized carbons (Fsp3) is 0. The highest BCUT2D eigenvalue weighted by Crippen LogP contribution is 2.45. The average Bonchev–Trinajstić information content (AvgIpc) is 3.84. The Labute approximate surface area is 335 Å². The summed E-state index contributed by atoms with van der Waals surface area (Å²) < 4.78 is 5.05. The third kappa shape index (κ3) is 5.71. The molecule has 0 bridgehead atoms. The molecule has 0 aliphatic carbocycles. The zero-order valence-electron chi connectivity index (χ0n) is 31.1. The molecule has 9 aromatic carbocycles. The van der Waals surface area contributed by atoms with Crippen LogP contribution < -0.4 is 4.90 Å². The van der Waals surface area contributed by atoms with Crippen molar-refractivity contribution in [1.82, 2.24) is 4.57 Å². The molecule has 2 aromatic heterocycles. The lowest BCUT2D eigenvalue weighted by molar-refractivity contribution is 1.18. The zero-order chi connectivity index (χ0) is 37.7. The fourth-order valence-corrected chi connectivity index (χ4v) is 9.82. The molecule has 0 saturated carbocycles. The summed E-state index contributed by atoms with van der Waals surface area (Å²) in [7, 11) is 0. The van der Waals surface area contributed by atoms with Crippen LogP contribution in [0, 0.1) is 0 Å². The van der Waals surface area contributed by atoms with Crippen LogP contribution in [-0.4, -0.2) is 4.57 Å². The van der Waals surface area contributed by atoms with E-state index in [1.807, 2.05) is 11.3 Å². The topological polar surface area (TPSA) is 8.17 Å². The van der Waals surface area contributed by atoms with E-state index in [4.69, 9.17) is 0 Å². The molecule has 11 rings (SSSR count). The summed E-state index contributed by atoms with van der Waals surface area (Å²) in [6, 6.07) is 79.3. The molecule has 0 fully saturated rings. The van der Waals surface area contributed by atoms with E-state index in [-0.39, 0.29) is 0 Å². The molecule has 0 N–H and O–H groups in total. The SMILES string of the molecule is c1ccc(-c2cccc(N(c3ccc(-c4cccc5c4sc4ccccc45)cc3)c3ccc4c(c3)c3c(-c5ccccc5)cccc3n4-c3ccccc3)c2)cc1. The zero-order valence-corrected chi connectivity index (χ0v) is 31.9. The molecule has 0 saturated heterocycles. The average molecular weight is 745 g/mol. The Morgan fingerprint density at radius 3 is 1.75 bits per heavy atom. The highest BCUT2D eigenvalue weighted by atomic mass is 32.1. The molecule has 57 heavy (non-hydrogen) atoms. The van der Waals surface area contributed by atoms with Crippen LogP contribution in [0.25, 0.3) is 81.0 Å². The second-order valence-electron chi connectivity index (χ2n) is 14.5. The second kappa shape index (κ2) is 13.8. The van der Waals surface area contributed by atoms with Crippen molar-refractivity contribution >= 4 is 70.4 Å². The van der Waals surface area contributed by atoms with Crippen molar-refractivity contribution in [1.29, 1.82) is 0 Å². The van der Waals surface area contributed by atoms with E-state index in [9.17, 15) is 0 Å². The third-order valence-corrected chi connectivity index (χ3v) is 12.4. The highest BCUT2D eigenvalue weighted by Gasteiger charge is 2.20. The summed E-state index contributed by atoms with van der Waals surface area (Å²) in [6.45, 7) is 0. The van der Waals surface area contributed by atoms with Gasteiger partial charge >= 0.3 is 0 Å². The van der Waals surface area contributed by atoms with Gasteiger partial charge in [-0.3, -0.25) is 0 Å². The van der Waals surface area contributed by atoms with Gasteiger partial charge in [0.2, 0.25) is 0 Å². The van der Waals surface area contributed by atoms with Crippen LogP contribution in [0.3, 0.4) is 0 Å². The Hall–Kier alpha value is -7.20. The first-order valence-corrected chi connectivity index (χ1v) is 20.2. The number of aromatic nitrogens is 1. The predicted molar refractivity (Wildman–Crippen MR) is 245 cm³/mol. The van der Waals surface area contributed by atoms with Crippen molar-refractivity contribution < 1.29 is 0 Å². The molecule has 0 unspecified atom stereocenters. The Kier molecular flexibility index (Phi) is 8.04. The molecule has 2 heterocycles. The van der Waals surface area contributed by atoms with Crippen molar-refractivity contribution in [2.45, 2.75) is 0 Å². The largest absolute Gasteiger partial charge is 0.310 e. The minimum absolute atomic E-state index is 1.10. The van der Waals surface area contributed by atoms with Crippen molar-refractivity contribution in [3.63, 3.8) is 0 Å². The molecule has 0 spiro atoms. The van der Waals surface area contributed by atoms with Gasteiger partial charge < -0.3 is 9.47 Å². The summed E-state index contributed by atoms with van der Waals surface area (Å²) in [4.78, 5) is 2.41. The second-order valence-corrected chi connectivity index (χ2v) is 15.6. The molecule has 3 heteroatoms. The molecule has 0 aliphatic rings. The molecule has 11 aromatic rings. The van der Waals surface area contributed by atoms with E-state index < -0.39 is 0 Å². The van der Waals surface area contributed by atoms with Gasteiger partial charge in [0, 0.05) is 53.7 Å². The maximum Gasteiger partial charge on any atom is 0.0547 e. The van der Waals surface area contributed by atoms with Gasteiger partial charge in [-0.15, -0.1) is 11.3 Å². The van der Waals surface area contributed by atoms with Crippen molar-refractivity contribution in [2.24, 2.45) is 0 Å². The molecule has 0 radical (unpaired) electrons. The van der Waals surface area contributed by atoms with Crippen molar-refractivity contribution in [2.75, 3.05) is 4.90 Å². The summed E-state index contributed by atoms with van der Waals surface area (Å²) in [5, 5.41) is 5.09. The molecular weight excluding hydrogens is 709 g/mol. The summed E-state index contributed by atoms with van der Waals surface area (Å²) in [5.41, 5.74) is 14.1. The summed E-state index contributed by atoms with van der Waals surface area (Å²) in [6.07, 6.45) is 0. The molecule has 0 aliphatic heterocycles. The van der Waals surface area contributed by atoms with Gasteiger partial charge in [-0.05, 0) is 100 Å². The molecule has 0 atom stereocenters. The van der Waals surface area contributed by atoms with Gasteiger partial charge in [-0.25, -0.2) is 0 Å². The van der Waals surface area contributed by atoms with Crippen molar-refractivity contribution in [3.8, 4) is 39.1 Å². The van der Waals surface area contributed by atoms with Crippen molar-refractivity contribution in [3.05, 3.63) is 218 Å². The Bertz CT molecular complexity index is 3220. The van der Waals surface area contributed by atoms with E-state index >= 15 is 0 Å². The fourth-order valence-electron chi connectivity index (χ4n) is 8.58. The quantitative estimate of drug-likeness (QED) is 0.158. The van der Waals surface area contributed by atoms with Crippen LogP contribution in [0.1, 0.15) is 0 Å². The van der Waals surface area contributed by atoms with E-state index in [0.29, 0.717) is 0 Å². The van der Waals surface area contributed by atoms with Crippen LogP contribution in [0.5, 0.6) is 0 Å². The maximum atomic E-state index is 2.41. The summed E-state index contributed by atoms with van der Waals surface area (Å²) in [5.74, 6) is 0. The molecular formula is C54H36N2S. The minimum Gasteiger partial charge on any atom is -0.310 e.